The standard InChI is InChI=1S/C5H10O/c1-5(2)3-4-6/h5-6H,1-4H2. The van der Waals surface area contributed by atoms with Crippen molar-refractivity contribution in [1.82, 2.24) is 0 Å². The Bertz CT molecular complexity index is 25.1. The van der Waals surface area contributed by atoms with Crippen LogP contribution in [0.2, 0.25) is 0 Å². The molecule has 0 saturated carbocycles. The van der Waals surface area contributed by atoms with Crippen molar-refractivity contribution in [2.75, 3.05) is 6.61 Å². The van der Waals surface area contributed by atoms with Gasteiger partial charge in [-0.2, -0.15) is 0 Å². The van der Waals surface area contributed by atoms with Crippen molar-refractivity contribution in [3.05, 3.63) is 13.8 Å². The number of rotatable bonds is 2. The first-order valence-electron chi connectivity index (χ1n) is 2.04. The van der Waals surface area contributed by atoms with Gasteiger partial charge in [-0.25, -0.2) is 0 Å². The van der Waals surface area contributed by atoms with Crippen LogP contribution in [0.5, 0.6) is 0 Å². The minimum Gasteiger partial charge on any atom is -0.396 e. The second-order valence-corrected chi connectivity index (χ2v) is 1.38. The van der Waals surface area contributed by atoms with Crippen LogP contribution in [0.15, 0.2) is 0 Å². The van der Waals surface area contributed by atoms with Crippen molar-refractivity contribution in [3.63, 3.8) is 0 Å². The molecule has 0 aromatic carbocycles. The fraction of sp³-hybridized carbons (Fsp3) is 0.600. The van der Waals surface area contributed by atoms with E-state index in [2.05, 4.69) is 13.8 Å². The monoisotopic (exact) mass is 86.1 g/mol. The second kappa shape index (κ2) is 3.16. The Morgan fingerprint density at radius 3 is 2.00 bits per heavy atom. The van der Waals surface area contributed by atoms with Crippen molar-refractivity contribution in [3.8, 4) is 0 Å². The van der Waals surface area contributed by atoms with Gasteiger partial charge < -0.3 is 5.11 Å². The van der Waals surface area contributed by atoms with Crippen LogP contribution < -0.4 is 0 Å². The lowest BCUT2D eigenvalue weighted by molar-refractivity contribution is 0.278. The zero-order chi connectivity index (χ0) is 4.99. The molecule has 0 spiro atoms. The molecule has 1 nitrogen and oxygen atoms in total. The molecule has 0 aromatic rings. The Morgan fingerprint density at radius 2 is 2.00 bits per heavy atom. The van der Waals surface area contributed by atoms with Crippen LogP contribution in [0.1, 0.15) is 6.42 Å². The lowest BCUT2D eigenvalue weighted by Crippen LogP contribution is -1.90. The molecular formula is C5H10O. The number of aliphatic hydroxyl groups is 1. The third-order valence-electron chi connectivity index (χ3n) is 0.537. The summed E-state index contributed by atoms with van der Waals surface area (Å²) in [5, 5.41) is 8.16. The molecule has 0 aliphatic rings. The Balaban J connectivity index is 2.63. The van der Waals surface area contributed by atoms with E-state index in [4.69, 9.17) is 5.11 Å². The molecule has 0 fully saturated rings. The molecule has 0 saturated heterocycles. The first kappa shape index (κ1) is 5.96. The third-order valence-corrected chi connectivity index (χ3v) is 0.537. The molecule has 1 N–H and O–H groups in total. The van der Waals surface area contributed by atoms with Crippen LogP contribution in [0.3, 0.4) is 0 Å². The summed E-state index contributed by atoms with van der Waals surface area (Å²) in [6.45, 7) is 7.32. The predicted octanol–water partition coefficient (Wildman–Crippen LogP) is 0.653. The Labute approximate surface area is 39.0 Å². The van der Waals surface area contributed by atoms with Crippen molar-refractivity contribution in [2.24, 2.45) is 5.92 Å². The zero-order valence-electron chi connectivity index (χ0n) is 3.85. The molecule has 0 rings (SSSR count). The lowest BCUT2D eigenvalue weighted by Gasteiger charge is -1.94. The minimum atomic E-state index is 0.148. The molecule has 0 aliphatic carbocycles. The molecule has 2 radical (unpaired) electrons. The van der Waals surface area contributed by atoms with Gasteiger partial charge in [0.2, 0.25) is 0 Å². The largest absolute Gasteiger partial charge is 0.396 e. The summed E-state index contributed by atoms with van der Waals surface area (Å²) in [5.41, 5.74) is 0. The molecule has 0 unspecified atom stereocenters. The highest BCUT2D eigenvalue weighted by Crippen LogP contribution is 1.93. The van der Waals surface area contributed by atoms with Crippen molar-refractivity contribution < 1.29 is 5.11 Å². The summed E-state index contributed by atoms with van der Waals surface area (Å²) < 4.78 is 0. The van der Waals surface area contributed by atoms with Crippen molar-refractivity contribution in [1.29, 1.82) is 0 Å². The number of hydrogen-bond acceptors (Lipinski definition) is 1. The molecule has 0 aliphatic heterocycles. The first-order valence-corrected chi connectivity index (χ1v) is 2.04. The van der Waals surface area contributed by atoms with Gasteiger partial charge in [0.1, 0.15) is 0 Å². The maximum absolute atomic E-state index is 8.16. The van der Waals surface area contributed by atoms with E-state index in [1.54, 1.807) is 0 Å². The SMILES string of the molecule is [CH2]C([CH2])CCO. The summed E-state index contributed by atoms with van der Waals surface area (Å²) in [4.78, 5) is 0. The van der Waals surface area contributed by atoms with Gasteiger partial charge in [-0.05, 0) is 12.3 Å². The van der Waals surface area contributed by atoms with Gasteiger partial charge in [-0.3, -0.25) is 0 Å². The van der Waals surface area contributed by atoms with Crippen LogP contribution in [0, 0.1) is 19.8 Å². The highest BCUT2D eigenvalue weighted by atomic mass is 16.2. The van der Waals surface area contributed by atoms with Gasteiger partial charge >= 0.3 is 0 Å². The summed E-state index contributed by atoms with van der Waals surface area (Å²) in [5.74, 6) is 0.148. The summed E-state index contributed by atoms with van der Waals surface area (Å²) in [6.07, 6.45) is 0.708. The molecule has 0 heterocycles. The molecule has 0 amide bonds. The van der Waals surface area contributed by atoms with E-state index in [-0.39, 0.29) is 12.5 Å². The fourth-order valence-corrected chi connectivity index (χ4v) is 0.183. The van der Waals surface area contributed by atoms with Crippen LogP contribution in [-0.2, 0) is 0 Å². The summed E-state index contributed by atoms with van der Waals surface area (Å²) in [7, 11) is 0. The first-order chi connectivity index (χ1) is 2.77. The maximum Gasteiger partial charge on any atom is 0.0433 e. The molecule has 6 heavy (non-hydrogen) atoms. The average Bonchev–Trinajstić information content (AvgIpc) is 1.35. The second-order valence-electron chi connectivity index (χ2n) is 1.38. The fourth-order valence-electron chi connectivity index (χ4n) is 0.183. The maximum atomic E-state index is 8.16. The quantitative estimate of drug-likeness (QED) is 0.523. The van der Waals surface area contributed by atoms with Gasteiger partial charge in [0.05, 0.1) is 0 Å². The van der Waals surface area contributed by atoms with Gasteiger partial charge in [0.15, 0.2) is 0 Å². The summed E-state index contributed by atoms with van der Waals surface area (Å²) in [6, 6.07) is 0. The van der Waals surface area contributed by atoms with Crippen LogP contribution in [0.25, 0.3) is 0 Å². The van der Waals surface area contributed by atoms with Gasteiger partial charge in [0.25, 0.3) is 0 Å². The van der Waals surface area contributed by atoms with E-state index < -0.39 is 0 Å². The number of hydrogen-bond donors (Lipinski definition) is 1. The molecule has 1 heteroatoms. The molecule has 0 bridgehead atoms. The lowest BCUT2D eigenvalue weighted by atomic mass is 10.2. The predicted molar refractivity (Wildman–Crippen MR) is 25.9 cm³/mol. The Hall–Kier alpha value is -0.0400. The minimum absolute atomic E-state index is 0.148. The van der Waals surface area contributed by atoms with Crippen LogP contribution >= 0.6 is 0 Å². The normalized spacial score (nSPS) is 10.0. The van der Waals surface area contributed by atoms with Crippen LogP contribution in [0.4, 0.5) is 0 Å². The zero-order valence-corrected chi connectivity index (χ0v) is 3.85. The van der Waals surface area contributed by atoms with Crippen molar-refractivity contribution >= 4 is 0 Å². The topological polar surface area (TPSA) is 20.2 Å². The van der Waals surface area contributed by atoms with Gasteiger partial charge in [-0.1, -0.05) is 13.8 Å². The summed E-state index contributed by atoms with van der Waals surface area (Å²) >= 11 is 0. The highest BCUT2D eigenvalue weighted by Gasteiger charge is 1.87. The van der Waals surface area contributed by atoms with E-state index >= 15 is 0 Å². The van der Waals surface area contributed by atoms with Crippen LogP contribution in [-0.4, -0.2) is 11.7 Å². The highest BCUT2D eigenvalue weighted by molar-refractivity contribution is 4.60. The number of aliphatic hydroxyl groups excluding tert-OH is 1. The van der Waals surface area contributed by atoms with E-state index in [0.29, 0.717) is 6.42 Å². The molecule has 0 aromatic heterocycles. The van der Waals surface area contributed by atoms with E-state index in [9.17, 15) is 0 Å². The Kier molecular flexibility index (Phi) is 3.14. The molecule has 36 valence electrons. The smallest absolute Gasteiger partial charge is 0.0433 e. The average molecular weight is 86.1 g/mol. The third kappa shape index (κ3) is 3.96. The molecule has 0 atom stereocenters. The van der Waals surface area contributed by atoms with Gasteiger partial charge in [0, 0.05) is 6.61 Å². The van der Waals surface area contributed by atoms with Crippen molar-refractivity contribution in [2.45, 2.75) is 6.42 Å². The molecular weight excluding hydrogens is 76.1 g/mol. The van der Waals surface area contributed by atoms with Gasteiger partial charge in [-0.15, -0.1) is 0 Å². The van der Waals surface area contributed by atoms with E-state index in [0.717, 1.165) is 0 Å². The van der Waals surface area contributed by atoms with E-state index in [1.807, 2.05) is 0 Å². The Morgan fingerprint density at radius 1 is 1.50 bits per heavy atom. The van der Waals surface area contributed by atoms with E-state index in [1.165, 1.54) is 0 Å².